The van der Waals surface area contributed by atoms with Gasteiger partial charge in [0.1, 0.15) is 0 Å². The lowest BCUT2D eigenvalue weighted by Gasteiger charge is -2.15. The minimum absolute atomic E-state index is 0.0157. The molecule has 2 fully saturated rings. The number of hydrogen-bond acceptors (Lipinski definition) is 3. The molecule has 1 saturated heterocycles. The molecule has 18 heavy (non-hydrogen) atoms. The number of likely N-dealkylation sites (tertiary alicyclic amines) is 1. The van der Waals surface area contributed by atoms with E-state index in [9.17, 15) is 9.59 Å². The molecule has 1 aliphatic heterocycles. The van der Waals surface area contributed by atoms with E-state index in [1.807, 2.05) is 0 Å². The Morgan fingerprint density at radius 3 is 2.78 bits per heavy atom. The first-order valence-corrected chi connectivity index (χ1v) is 6.62. The Bertz CT molecular complexity index is 339. The summed E-state index contributed by atoms with van der Waals surface area (Å²) in [6, 6.07) is 1.06. The first kappa shape index (κ1) is 13.1. The van der Waals surface area contributed by atoms with Crippen molar-refractivity contribution in [2.24, 2.45) is 0 Å². The lowest BCUT2D eigenvalue weighted by atomic mass is 10.2. The molecule has 0 aromatic heterocycles. The van der Waals surface area contributed by atoms with Gasteiger partial charge in [0.2, 0.25) is 11.8 Å². The van der Waals surface area contributed by atoms with E-state index >= 15 is 0 Å². The molecule has 0 spiro atoms. The van der Waals surface area contributed by atoms with Crippen LogP contribution in [0.2, 0.25) is 0 Å². The third kappa shape index (κ3) is 3.84. The van der Waals surface area contributed by atoms with Crippen molar-refractivity contribution in [1.29, 1.82) is 0 Å². The summed E-state index contributed by atoms with van der Waals surface area (Å²) in [7, 11) is 0. The van der Waals surface area contributed by atoms with Gasteiger partial charge in [-0.3, -0.25) is 14.5 Å². The monoisotopic (exact) mass is 251 g/mol. The highest BCUT2D eigenvalue weighted by Gasteiger charge is 2.34. The average molecular weight is 251 g/mol. The predicted molar refractivity (Wildman–Crippen MR) is 69.0 cm³/mol. The van der Waals surface area contributed by atoms with Gasteiger partial charge in [0.05, 0.1) is 0 Å². The lowest BCUT2D eigenvalue weighted by Crippen LogP contribution is -2.39. The Morgan fingerprint density at radius 1 is 1.33 bits per heavy atom. The number of rotatable bonds is 6. The zero-order valence-corrected chi connectivity index (χ0v) is 10.7. The van der Waals surface area contributed by atoms with Gasteiger partial charge in [0, 0.05) is 38.1 Å². The quantitative estimate of drug-likeness (QED) is 0.655. The third-order valence-electron chi connectivity index (χ3n) is 3.48. The normalized spacial score (nSPS) is 23.7. The number of carbonyl (C=O) groups is 2. The molecule has 2 N–H and O–H groups in total. The Morgan fingerprint density at radius 2 is 2.11 bits per heavy atom. The van der Waals surface area contributed by atoms with Crippen LogP contribution in [0.1, 0.15) is 25.7 Å². The van der Waals surface area contributed by atoms with Crippen molar-refractivity contribution in [2.45, 2.75) is 37.8 Å². The molecular weight excluding hydrogens is 230 g/mol. The molecule has 1 atom stereocenters. The Labute approximate surface area is 108 Å². The third-order valence-corrected chi connectivity index (χ3v) is 3.48. The highest BCUT2D eigenvalue weighted by molar-refractivity contribution is 5.87. The zero-order chi connectivity index (χ0) is 13.0. The van der Waals surface area contributed by atoms with Gasteiger partial charge in [-0.25, -0.2) is 0 Å². The van der Waals surface area contributed by atoms with E-state index in [1.54, 1.807) is 0 Å². The first-order chi connectivity index (χ1) is 8.69. The Kier molecular flexibility index (Phi) is 4.36. The molecule has 2 amide bonds. The van der Waals surface area contributed by atoms with E-state index in [1.165, 1.54) is 18.9 Å². The number of hydrogen-bond donors (Lipinski definition) is 2. The van der Waals surface area contributed by atoms with Gasteiger partial charge in [0.25, 0.3) is 0 Å². The molecule has 0 aromatic carbocycles. The van der Waals surface area contributed by atoms with E-state index in [4.69, 9.17) is 0 Å². The summed E-state index contributed by atoms with van der Waals surface area (Å²) >= 11 is 0. The van der Waals surface area contributed by atoms with E-state index in [2.05, 4.69) is 22.1 Å². The number of nitrogens with zero attached hydrogens (tertiary/aromatic N) is 1. The lowest BCUT2D eigenvalue weighted by molar-refractivity contribution is -0.121. The minimum Gasteiger partial charge on any atom is -0.352 e. The molecule has 0 radical (unpaired) electrons. The summed E-state index contributed by atoms with van der Waals surface area (Å²) in [5.74, 6) is -0.217. The topological polar surface area (TPSA) is 61.4 Å². The molecular formula is C13H21N3O2. The van der Waals surface area contributed by atoms with Crippen molar-refractivity contribution in [3.05, 3.63) is 12.7 Å². The van der Waals surface area contributed by atoms with Crippen LogP contribution in [0.4, 0.5) is 0 Å². The fourth-order valence-electron chi connectivity index (χ4n) is 2.35. The largest absolute Gasteiger partial charge is 0.352 e. The summed E-state index contributed by atoms with van der Waals surface area (Å²) in [5.41, 5.74) is 0. The van der Waals surface area contributed by atoms with Crippen LogP contribution < -0.4 is 10.6 Å². The highest BCUT2D eigenvalue weighted by Crippen LogP contribution is 2.29. The second-order valence-electron chi connectivity index (χ2n) is 5.02. The van der Waals surface area contributed by atoms with Crippen LogP contribution in [-0.2, 0) is 9.59 Å². The van der Waals surface area contributed by atoms with Crippen LogP contribution in [0.5, 0.6) is 0 Å². The van der Waals surface area contributed by atoms with Crippen molar-refractivity contribution in [1.82, 2.24) is 15.5 Å². The van der Waals surface area contributed by atoms with Crippen molar-refractivity contribution >= 4 is 11.8 Å². The number of carbonyl (C=O) groups excluding carboxylic acids is 2. The Hall–Kier alpha value is -1.36. The molecule has 1 aliphatic carbocycles. The fraction of sp³-hybridized carbons (Fsp3) is 0.692. The fourth-order valence-corrected chi connectivity index (χ4v) is 2.35. The Balaban J connectivity index is 1.59. The molecule has 5 nitrogen and oxygen atoms in total. The van der Waals surface area contributed by atoms with Gasteiger partial charge in [-0.15, -0.1) is 0 Å². The molecule has 0 bridgehead atoms. The van der Waals surface area contributed by atoms with E-state index in [0.29, 0.717) is 13.0 Å². The summed E-state index contributed by atoms with van der Waals surface area (Å²) in [4.78, 5) is 25.0. The average Bonchev–Trinajstić information content (AvgIpc) is 3.10. The second-order valence-corrected chi connectivity index (χ2v) is 5.02. The molecule has 2 aliphatic rings. The SMILES string of the molecule is C=CC(=O)NCCC(=O)NC1CCN(C2CC2)C1. The van der Waals surface area contributed by atoms with Crippen LogP contribution in [0.15, 0.2) is 12.7 Å². The van der Waals surface area contributed by atoms with E-state index in [-0.39, 0.29) is 17.9 Å². The summed E-state index contributed by atoms with van der Waals surface area (Å²) in [6.07, 6.45) is 5.21. The predicted octanol–water partition coefficient (Wildman–Crippen LogP) is 0.0316. The maximum atomic E-state index is 11.7. The standard InChI is InChI=1S/C13H21N3O2/c1-2-12(17)14-7-5-13(18)15-10-6-8-16(9-10)11-3-4-11/h2,10-11H,1,3-9H2,(H,14,17)(H,15,18). The molecule has 1 unspecified atom stereocenters. The summed E-state index contributed by atoms with van der Waals surface area (Å²) in [5, 5.41) is 5.62. The van der Waals surface area contributed by atoms with Gasteiger partial charge >= 0.3 is 0 Å². The van der Waals surface area contributed by atoms with E-state index < -0.39 is 0 Å². The summed E-state index contributed by atoms with van der Waals surface area (Å²) in [6.45, 7) is 5.81. The van der Waals surface area contributed by atoms with Crippen LogP contribution >= 0.6 is 0 Å². The van der Waals surface area contributed by atoms with Gasteiger partial charge < -0.3 is 10.6 Å². The van der Waals surface area contributed by atoms with Crippen LogP contribution in [0, 0.1) is 0 Å². The van der Waals surface area contributed by atoms with Gasteiger partial charge in [0.15, 0.2) is 0 Å². The smallest absolute Gasteiger partial charge is 0.243 e. The van der Waals surface area contributed by atoms with Gasteiger partial charge in [-0.2, -0.15) is 0 Å². The summed E-state index contributed by atoms with van der Waals surface area (Å²) < 4.78 is 0. The second kappa shape index (κ2) is 6.00. The molecule has 2 rings (SSSR count). The van der Waals surface area contributed by atoms with Crippen LogP contribution in [-0.4, -0.2) is 48.4 Å². The van der Waals surface area contributed by atoms with Crippen molar-refractivity contribution in [3.8, 4) is 0 Å². The zero-order valence-electron chi connectivity index (χ0n) is 10.7. The van der Waals surface area contributed by atoms with E-state index in [0.717, 1.165) is 25.6 Å². The highest BCUT2D eigenvalue weighted by atomic mass is 16.2. The van der Waals surface area contributed by atoms with Gasteiger partial charge in [-0.1, -0.05) is 6.58 Å². The van der Waals surface area contributed by atoms with Gasteiger partial charge in [-0.05, 0) is 25.3 Å². The van der Waals surface area contributed by atoms with Crippen molar-refractivity contribution < 1.29 is 9.59 Å². The van der Waals surface area contributed by atoms with Crippen LogP contribution in [0.25, 0.3) is 0 Å². The van der Waals surface area contributed by atoms with Crippen molar-refractivity contribution in [2.75, 3.05) is 19.6 Å². The maximum Gasteiger partial charge on any atom is 0.243 e. The molecule has 1 heterocycles. The van der Waals surface area contributed by atoms with Crippen LogP contribution in [0.3, 0.4) is 0 Å². The molecule has 0 aromatic rings. The molecule has 1 saturated carbocycles. The molecule has 100 valence electrons. The molecule has 5 heteroatoms. The number of nitrogens with one attached hydrogen (secondary N) is 2. The minimum atomic E-state index is -0.233. The maximum absolute atomic E-state index is 11.7. The first-order valence-electron chi connectivity index (χ1n) is 6.62. The van der Waals surface area contributed by atoms with Crippen molar-refractivity contribution in [3.63, 3.8) is 0 Å². The number of amides is 2.